The van der Waals surface area contributed by atoms with Gasteiger partial charge < -0.3 is 19.8 Å². The third-order valence-corrected chi connectivity index (χ3v) is 4.81. The van der Waals surface area contributed by atoms with Gasteiger partial charge in [0.05, 0.1) is 30.9 Å². The molecule has 3 atom stereocenters. The Hall–Kier alpha value is -1.92. The first kappa shape index (κ1) is 16.0. The molecule has 1 amide bonds. The molecule has 6 nitrogen and oxygen atoms in total. The summed E-state index contributed by atoms with van der Waals surface area (Å²) in [5.41, 5.74) is 0.464. The van der Waals surface area contributed by atoms with Gasteiger partial charge in [0.25, 0.3) is 5.91 Å². The van der Waals surface area contributed by atoms with Gasteiger partial charge in [0, 0.05) is 18.0 Å². The molecule has 1 aliphatic heterocycles. The topological polar surface area (TPSA) is 87.1 Å². The molecular weight excluding hydrogens is 298 g/mol. The second kappa shape index (κ2) is 6.68. The lowest BCUT2D eigenvalue weighted by Gasteiger charge is -2.40. The lowest BCUT2D eigenvalue weighted by Crippen LogP contribution is -2.53. The zero-order chi connectivity index (χ0) is 16.4. The molecule has 124 valence electrons. The molecule has 2 fully saturated rings. The van der Waals surface area contributed by atoms with Crippen LogP contribution in [0.25, 0.3) is 0 Å². The fraction of sp³-hybridized carbons (Fsp3) is 0.529. The maximum absolute atomic E-state index is 12.8. The van der Waals surface area contributed by atoms with Gasteiger partial charge in [-0.1, -0.05) is 12.5 Å². The van der Waals surface area contributed by atoms with E-state index in [1.165, 1.54) is 12.1 Å². The van der Waals surface area contributed by atoms with E-state index in [1.54, 1.807) is 17.0 Å². The van der Waals surface area contributed by atoms with Crippen LogP contribution in [-0.4, -0.2) is 58.9 Å². The minimum absolute atomic E-state index is 0.0295. The van der Waals surface area contributed by atoms with Crippen LogP contribution in [0, 0.1) is 5.92 Å². The van der Waals surface area contributed by atoms with E-state index in [-0.39, 0.29) is 23.4 Å². The number of morpholine rings is 1. The quantitative estimate of drug-likeness (QED) is 0.879. The summed E-state index contributed by atoms with van der Waals surface area (Å²) in [4.78, 5) is 25.7. The maximum Gasteiger partial charge on any atom is 0.335 e. The molecule has 0 bridgehead atoms. The standard InChI is InChI=1S/C17H21NO5/c19-15-6-2-5-13(15)14-10-23-8-7-18(14)16(20)11-3-1-4-12(9-11)17(21)22/h1,3-4,9,13-15,19H,2,5-8,10H2,(H,21,22). The second-order valence-electron chi connectivity index (χ2n) is 6.19. The van der Waals surface area contributed by atoms with Crippen molar-refractivity contribution in [3.8, 4) is 0 Å². The van der Waals surface area contributed by atoms with Gasteiger partial charge in [-0.25, -0.2) is 4.79 Å². The third kappa shape index (κ3) is 3.23. The third-order valence-electron chi connectivity index (χ3n) is 4.81. The van der Waals surface area contributed by atoms with Crippen molar-refractivity contribution in [2.45, 2.75) is 31.4 Å². The number of carboxylic acids is 1. The number of nitrogens with zero attached hydrogens (tertiary/aromatic N) is 1. The highest BCUT2D eigenvalue weighted by atomic mass is 16.5. The zero-order valence-electron chi connectivity index (χ0n) is 12.9. The fourth-order valence-electron chi connectivity index (χ4n) is 3.60. The summed E-state index contributed by atoms with van der Waals surface area (Å²) in [5.74, 6) is -1.22. The molecule has 0 aromatic heterocycles. The summed E-state index contributed by atoms with van der Waals surface area (Å²) in [6.07, 6.45) is 2.20. The van der Waals surface area contributed by atoms with Crippen molar-refractivity contribution in [1.82, 2.24) is 4.90 Å². The van der Waals surface area contributed by atoms with E-state index >= 15 is 0 Å². The number of aromatic carboxylic acids is 1. The maximum atomic E-state index is 12.8. The van der Waals surface area contributed by atoms with Crippen LogP contribution in [0.1, 0.15) is 40.0 Å². The molecule has 0 spiro atoms. The number of benzene rings is 1. The Kier molecular flexibility index (Phi) is 4.63. The normalized spacial score (nSPS) is 27.9. The summed E-state index contributed by atoms with van der Waals surface area (Å²) in [6.45, 7) is 1.35. The molecule has 1 saturated carbocycles. The summed E-state index contributed by atoms with van der Waals surface area (Å²) < 4.78 is 5.52. The average Bonchev–Trinajstić information content (AvgIpc) is 3.00. The number of ether oxygens (including phenoxy) is 1. The second-order valence-corrected chi connectivity index (χ2v) is 6.19. The summed E-state index contributed by atoms with van der Waals surface area (Å²) in [7, 11) is 0. The van der Waals surface area contributed by atoms with E-state index in [0.717, 1.165) is 19.3 Å². The Bertz CT molecular complexity index is 602. The number of hydrogen-bond acceptors (Lipinski definition) is 4. The Morgan fingerprint density at radius 1 is 1.22 bits per heavy atom. The van der Waals surface area contributed by atoms with E-state index in [4.69, 9.17) is 9.84 Å². The first-order valence-electron chi connectivity index (χ1n) is 7.98. The van der Waals surface area contributed by atoms with E-state index in [9.17, 15) is 14.7 Å². The molecule has 23 heavy (non-hydrogen) atoms. The molecule has 1 saturated heterocycles. The van der Waals surface area contributed by atoms with Gasteiger partial charge in [0.15, 0.2) is 0 Å². The van der Waals surface area contributed by atoms with E-state index in [1.807, 2.05) is 0 Å². The Morgan fingerprint density at radius 2 is 2.00 bits per heavy atom. The molecular formula is C17H21NO5. The van der Waals surface area contributed by atoms with Crippen LogP contribution in [0.4, 0.5) is 0 Å². The molecule has 1 aromatic rings. The van der Waals surface area contributed by atoms with Crippen molar-refractivity contribution in [3.05, 3.63) is 35.4 Å². The first-order chi connectivity index (χ1) is 11.1. The van der Waals surface area contributed by atoms with Gasteiger partial charge >= 0.3 is 5.97 Å². The lowest BCUT2D eigenvalue weighted by atomic mass is 9.93. The van der Waals surface area contributed by atoms with E-state index in [2.05, 4.69) is 0 Å². The minimum Gasteiger partial charge on any atom is -0.478 e. The number of aliphatic hydroxyl groups excluding tert-OH is 1. The summed E-state index contributed by atoms with van der Waals surface area (Å²) in [6, 6.07) is 5.93. The van der Waals surface area contributed by atoms with Gasteiger partial charge in [-0.15, -0.1) is 0 Å². The van der Waals surface area contributed by atoms with Crippen LogP contribution >= 0.6 is 0 Å². The number of carboxylic acid groups (broad SMARTS) is 1. The predicted octanol–water partition coefficient (Wildman–Crippen LogP) is 1.39. The van der Waals surface area contributed by atoms with Gasteiger partial charge in [0.1, 0.15) is 0 Å². The van der Waals surface area contributed by atoms with Crippen molar-refractivity contribution in [3.63, 3.8) is 0 Å². The predicted molar refractivity (Wildman–Crippen MR) is 82.4 cm³/mol. The molecule has 0 radical (unpaired) electrons. The largest absolute Gasteiger partial charge is 0.478 e. The highest BCUT2D eigenvalue weighted by Gasteiger charge is 2.39. The van der Waals surface area contributed by atoms with Crippen molar-refractivity contribution in [2.24, 2.45) is 5.92 Å². The van der Waals surface area contributed by atoms with Crippen molar-refractivity contribution in [1.29, 1.82) is 0 Å². The van der Waals surface area contributed by atoms with Crippen molar-refractivity contribution >= 4 is 11.9 Å². The Labute approximate surface area is 134 Å². The number of carbonyl (C=O) groups is 2. The van der Waals surface area contributed by atoms with E-state index < -0.39 is 12.1 Å². The Morgan fingerprint density at radius 3 is 2.70 bits per heavy atom. The molecule has 1 heterocycles. The van der Waals surface area contributed by atoms with Crippen LogP contribution in [0.2, 0.25) is 0 Å². The summed E-state index contributed by atoms with van der Waals surface area (Å²) >= 11 is 0. The smallest absolute Gasteiger partial charge is 0.335 e. The monoisotopic (exact) mass is 319 g/mol. The molecule has 1 aliphatic carbocycles. The molecule has 3 rings (SSSR count). The summed E-state index contributed by atoms with van der Waals surface area (Å²) in [5, 5.41) is 19.2. The van der Waals surface area contributed by atoms with Gasteiger partial charge in [-0.2, -0.15) is 0 Å². The molecule has 3 unspecified atom stereocenters. The van der Waals surface area contributed by atoms with Crippen LogP contribution in [-0.2, 0) is 4.74 Å². The average molecular weight is 319 g/mol. The number of hydrogen-bond donors (Lipinski definition) is 2. The molecule has 1 aromatic carbocycles. The van der Waals surface area contributed by atoms with Crippen LogP contribution in [0.15, 0.2) is 24.3 Å². The van der Waals surface area contributed by atoms with Crippen LogP contribution in [0.5, 0.6) is 0 Å². The molecule has 2 aliphatic rings. The minimum atomic E-state index is -1.05. The van der Waals surface area contributed by atoms with E-state index in [0.29, 0.717) is 25.3 Å². The SMILES string of the molecule is O=C(O)c1cccc(C(=O)N2CCOCC2C2CCCC2O)c1. The van der Waals surface area contributed by atoms with Crippen molar-refractivity contribution in [2.75, 3.05) is 19.8 Å². The highest BCUT2D eigenvalue weighted by molar-refractivity contribution is 5.97. The van der Waals surface area contributed by atoms with Gasteiger partial charge in [0.2, 0.25) is 0 Å². The van der Waals surface area contributed by atoms with Crippen LogP contribution in [0.3, 0.4) is 0 Å². The molecule has 2 N–H and O–H groups in total. The zero-order valence-corrected chi connectivity index (χ0v) is 12.9. The van der Waals surface area contributed by atoms with Gasteiger partial charge in [-0.05, 0) is 31.0 Å². The fourth-order valence-corrected chi connectivity index (χ4v) is 3.60. The molecule has 6 heteroatoms. The number of carbonyl (C=O) groups excluding carboxylic acids is 1. The van der Waals surface area contributed by atoms with Gasteiger partial charge in [-0.3, -0.25) is 4.79 Å². The van der Waals surface area contributed by atoms with Crippen molar-refractivity contribution < 1.29 is 24.5 Å². The number of aliphatic hydroxyl groups is 1. The highest BCUT2D eigenvalue weighted by Crippen LogP contribution is 2.32. The first-order valence-corrected chi connectivity index (χ1v) is 7.98. The number of rotatable bonds is 3. The Balaban J connectivity index is 1.84. The number of amides is 1. The van der Waals surface area contributed by atoms with Crippen LogP contribution < -0.4 is 0 Å². The lowest BCUT2D eigenvalue weighted by molar-refractivity contribution is -0.0383.